The summed E-state index contributed by atoms with van der Waals surface area (Å²) >= 11 is 0. The number of aryl methyl sites for hydroxylation is 1. The van der Waals surface area contributed by atoms with Crippen molar-refractivity contribution in [1.29, 1.82) is 0 Å². The maximum absolute atomic E-state index is 13.7. The van der Waals surface area contributed by atoms with Gasteiger partial charge in [0, 0.05) is 25.9 Å². The molecule has 3 heterocycles. The van der Waals surface area contributed by atoms with Crippen LogP contribution in [0.3, 0.4) is 0 Å². The number of amides is 2. The predicted molar refractivity (Wildman–Crippen MR) is 130 cm³/mol. The van der Waals surface area contributed by atoms with Crippen molar-refractivity contribution in [2.75, 3.05) is 18.1 Å². The Hall–Kier alpha value is -3.88. The molecule has 9 nitrogen and oxygen atoms in total. The van der Waals surface area contributed by atoms with Crippen LogP contribution < -0.4 is 10.6 Å². The third-order valence-corrected chi connectivity index (χ3v) is 6.69. The summed E-state index contributed by atoms with van der Waals surface area (Å²) in [5.41, 5.74) is 0.670. The van der Waals surface area contributed by atoms with Crippen LogP contribution >= 0.6 is 0 Å². The third kappa shape index (κ3) is 3.62. The number of esters is 1. The molecule has 2 aliphatic rings. The fourth-order valence-corrected chi connectivity index (χ4v) is 5.20. The molecule has 0 aliphatic carbocycles. The molecular weight excluding hydrogens is 448 g/mol. The zero-order valence-corrected chi connectivity index (χ0v) is 19.8. The highest BCUT2D eigenvalue weighted by Crippen LogP contribution is 2.45. The molecule has 3 aromatic rings. The van der Waals surface area contributed by atoms with Gasteiger partial charge in [0.2, 0.25) is 11.6 Å². The number of para-hydroxylation sites is 3. The minimum absolute atomic E-state index is 0.0555. The lowest BCUT2D eigenvalue weighted by Gasteiger charge is -2.48. The SMILES string of the molecule is CC(C)CN1C(=O)c2ccccc2N2C(=O)CCC12C(=O)OCCCn1c(=O)[nH]c2ccccc21. The second kappa shape index (κ2) is 8.72. The van der Waals surface area contributed by atoms with Gasteiger partial charge in [-0.1, -0.05) is 38.1 Å². The number of fused-ring (bicyclic) bond motifs is 4. The topological polar surface area (TPSA) is 105 Å². The number of nitrogens with zero attached hydrogens (tertiary/aromatic N) is 3. The molecule has 9 heteroatoms. The van der Waals surface area contributed by atoms with Crippen LogP contribution in [0.5, 0.6) is 0 Å². The Morgan fingerprint density at radius 2 is 1.83 bits per heavy atom. The maximum atomic E-state index is 13.7. The summed E-state index contributed by atoms with van der Waals surface area (Å²) in [7, 11) is 0. The number of aromatic nitrogens is 2. The first-order chi connectivity index (χ1) is 16.8. The number of benzene rings is 2. The highest BCUT2D eigenvalue weighted by Gasteiger charge is 2.61. The number of imidazole rings is 1. The molecule has 1 N–H and O–H groups in total. The van der Waals surface area contributed by atoms with E-state index < -0.39 is 11.6 Å². The van der Waals surface area contributed by atoms with E-state index in [2.05, 4.69) is 4.98 Å². The van der Waals surface area contributed by atoms with Crippen LogP contribution in [0.1, 0.15) is 43.5 Å². The molecule has 0 bridgehead atoms. The van der Waals surface area contributed by atoms with Gasteiger partial charge >= 0.3 is 11.7 Å². The van der Waals surface area contributed by atoms with E-state index in [0.717, 1.165) is 11.0 Å². The van der Waals surface area contributed by atoms with Crippen LogP contribution in [0, 0.1) is 5.92 Å². The molecule has 1 fully saturated rings. The van der Waals surface area contributed by atoms with Gasteiger partial charge in [-0.15, -0.1) is 0 Å². The summed E-state index contributed by atoms with van der Waals surface area (Å²) in [5.74, 6) is -1.01. The average molecular weight is 477 g/mol. The first-order valence-corrected chi connectivity index (χ1v) is 11.9. The maximum Gasteiger partial charge on any atom is 0.353 e. The predicted octanol–water partition coefficient (Wildman–Crippen LogP) is 2.90. The molecule has 35 heavy (non-hydrogen) atoms. The normalized spacial score (nSPS) is 19.4. The van der Waals surface area contributed by atoms with Crippen LogP contribution in [0.15, 0.2) is 53.3 Å². The van der Waals surface area contributed by atoms with Crippen LogP contribution in [0.25, 0.3) is 11.0 Å². The summed E-state index contributed by atoms with van der Waals surface area (Å²) in [5, 5.41) is 0. The van der Waals surface area contributed by atoms with Crippen molar-refractivity contribution in [3.63, 3.8) is 0 Å². The Morgan fingerprint density at radius 3 is 2.63 bits per heavy atom. The number of carbonyl (C=O) groups is 3. The Labute approximate surface area is 202 Å². The number of nitrogens with one attached hydrogen (secondary N) is 1. The summed E-state index contributed by atoms with van der Waals surface area (Å²) in [6, 6.07) is 14.3. The van der Waals surface area contributed by atoms with Gasteiger partial charge in [0.15, 0.2) is 0 Å². The van der Waals surface area contributed by atoms with E-state index in [-0.39, 0.29) is 42.9 Å². The van der Waals surface area contributed by atoms with Crippen LogP contribution in [-0.4, -0.2) is 51.0 Å². The van der Waals surface area contributed by atoms with Crippen molar-refractivity contribution >= 4 is 34.5 Å². The molecule has 0 saturated carbocycles. The molecule has 0 radical (unpaired) electrons. The van der Waals surface area contributed by atoms with E-state index in [4.69, 9.17) is 4.74 Å². The minimum atomic E-state index is -1.50. The number of anilines is 1. The Balaban J connectivity index is 1.39. The quantitative estimate of drug-likeness (QED) is 0.417. The lowest BCUT2D eigenvalue weighted by Crippen LogP contribution is -2.69. The fourth-order valence-electron chi connectivity index (χ4n) is 5.20. The lowest BCUT2D eigenvalue weighted by atomic mass is 9.95. The van der Waals surface area contributed by atoms with E-state index in [1.54, 1.807) is 28.8 Å². The van der Waals surface area contributed by atoms with Gasteiger partial charge in [0.1, 0.15) is 0 Å². The van der Waals surface area contributed by atoms with Gasteiger partial charge in [0.25, 0.3) is 5.91 Å². The third-order valence-electron chi connectivity index (χ3n) is 6.69. The highest BCUT2D eigenvalue weighted by molar-refractivity contribution is 6.15. The summed E-state index contributed by atoms with van der Waals surface area (Å²) in [6.07, 6.45) is 0.738. The first kappa shape index (κ1) is 22.9. The smallest absolute Gasteiger partial charge is 0.353 e. The Morgan fingerprint density at radius 1 is 1.09 bits per heavy atom. The number of hydrogen-bond acceptors (Lipinski definition) is 5. The number of hydrogen-bond donors (Lipinski definition) is 1. The standard InChI is InChI=1S/C26H28N4O5/c1-17(2)16-29-23(32)18-8-3-5-10-20(18)30-22(31)12-13-26(29,30)24(33)35-15-7-14-28-21-11-6-4-9-19(21)27-25(28)34/h3-6,8-11,17H,7,12-16H2,1-2H3,(H,27,34). The summed E-state index contributed by atoms with van der Waals surface area (Å²) in [6.45, 7) is 4.67. The zero-order chi connectivity index (χ0) is 24.7. The van der Waals surface area contributed by atoms with E-state index in [9.17, 15) is 19.2 Å². The lowest BCUT2D eigenvalue weighted by molar-refractivity contribution is -0.157. The van der Waals surface area contributed by atoms with Crippen LogP contribution in [0.4, 0.5) is 5.69 Å². The second-order valence-electron chi connectivity index (χ2n) is 9.46. The van der Waals surface area contributed by atoms with Gasteiger partial charge in [0.05, 0.1) is 28.9 Å². The van der Waals surface area contributed by atoms with Crippen molar-refractivity contribution in [3.05, 3.63) is 64.6 Å². The number of rotatable bonds is 7. The number of H-pyrrole nitrogens is 1. The number of ether oxygens (including phenoxy) is 1. The van der Waals surface area contributed by atoms with Crippen LogP contribution in [0.2, 0.25) is 0 Å². The molecule has 2 amide bonds. The Kier molecular flexibility index (Phi) is 5.70. The van der Waals surface area contributed by atoms with Gasteiger partial charge in [-0.25, -0.2) is 9.59 Å². The van der Waals surface area contributed by atoms with Gasteiger partial charge in [-0.2, -0.15) is 0 Å². The number of carbonyl (C=O) groups excluding carboxylic acids is 3. The average Bonchev–Trinajstić information content (AvgIpc) is 3.36. The van der Waals surface area contributed by atoms with Crippen molar-refractivity contribution in [2.45, 2.75) is 45.3 Å². The molecule has 182 valence electrons. The zero-order valence-electron chi connectivity index (χ0n) is 19.8. The van der Waals surface area contributed by atoms with Gasteiger partial charge in [-0.3, -0.25) is 19.1 Å². The van der Waals surface area contributed by atoms with E-state index in [1.807, 2.05) is 38.1 Å². The molecule has 0 spiro atoms. The molecule has 2 aliphatic heterocycles. The molecule has 1 unspecified atom stereocenters. The molecule has 5 rings (SSSR count). The summed E-state index contributed by atoms with van der Waals surface area (Å²) < 4.78 is 7.32. The first-order valence-electron chi connectivity index (χ1n) is 11.9. The van der Waals surface area contributed by atoms with Crippen molar-refractivity contribution in [1.82, 2.24) is 14.5 Å². The molecule has 1 saturated heterocycles. The molecule has 1 atom stereocenters. The number of aromatic amines is 1. The highest BCUT2D eigenvalue weighted by atomic mass is 16.5. The molecule has 2 aromatic carbocycles. The van der Waals surface area contributed by atoms with Gasteiger partial charge in [-0.05, 0) is 36.6 Å². The summed E-state index contributed by atoms with van der Waals surface area (Å²) in [4.78, 5) is 58.2. The second-order valence-corrected chi connectivity index (χ2v) is 9.46. The molecule has 1 aromatic heterocycles. The Bertz CT molecular complexity index is 1370. The van der Waals surface area contributed by atoms with Crippen molar-refractivity contribution in [3.8, 4) is 0 Å². The minimum Gasteiger partial charge on any atom is -0.462 e. The van der Waals surface area contributed by atoms with Crippen molar-refractivity contribution < 1.29 is 19.1 Å². The largest absolute Gasteiger partial charge is 0.462 e. The molecular formula is C26H28N4O5. The van der Waals surface area contributed by atoms with Crippen LogP contribution in [-0.2, 0) is 20.9 Å². The van der Waals surface area contributed by atoms with E-state index in [0.29, 0.717) is 30.8 Å². The van der Waals surface area contributed by atoms with E-state index >= 15 is 0 Å². The fraction of sp³-hybridized carbons (Fsp3) is 0.385. The van der Waals surface area contributed by atoms with Gasteiger partial charge < -0.3 is 14.6 Å². The van der Waals surface area contributed by atoms with Crippen molar-refractivity contribution in [2.24, 2.45) is 5.92 Å². The monoisotopic (exact) mass is 476 g/mol. The van der Waals surface area contributed by atoms with E-state index in [1.165, 1.54) is 9.80 Å².